The Morgan fingerprint density at radius 3 is 2.81 bits per heavy atom. The number of hydrogen-bond acceptors (Lipinski definition) is 4. The van der Waals surface area contributed by atoms with Crippen molar-refractivity contribution >= 4 is 17.4 Å². The molecule has 0 spiro atoms. The van der Waals surface area contributed by atoms with Crippen molar-refractivity contribution in [2.45, 2.75) is 32.7 Å². The Hall–Kier alpha value is -3.15. The number of benzene rings is 2. The SMILES string of the molecule is Cc1ccc(Nc2n[nH]nc2C(=O)NC2CCc3ccccc32)cc1C. The minimum absolute atomic E-state index is 0.0184. The number of nitrogens with zero attached hydrogens (tertiary/aromatic N) is 2. The Kier molecular flexibility index (Phi) is 4.16. The van der Waals surface area contributed by atoms with Crippen LogP contribution in [0.5, 0.6) is 0 Å². The second-order valence-electron chi connectivity index (χ2n) is 6.71. The Labute approximate surface area is 152 Å². The molecule has 0 aliphatic heterocycles. The average molecular weight is 347 g/mol. The van der Waals surface area contributed by atoms with Crippen molar-refractivity contribution in [3.05, 3.63) is 70.4 Å². The fourth-order valence-electron chi connectivity index (χ4n) is 3.37. The molecule has 4 rings (SSSR count). The van der Waals surface area contributed by atoms with Crippen LogP contribution in [0.2, 0.25) is 0 Å². The van der Waals surface area contributed by atoms with Gasteiger partial charge in [0.2, 0.25) is 0 Å². The predicted molar refractivity (Wildman–Crippen MR) is 101 cm³/mol. The number of aromatic nitrogens is 3. The predicted octanol–water partition coefficient (Wildman–Crippen LogP) is 3.58. The molecule has 0 radical (unpaired) electrons. The smallest absolute Gasteiger partial charge is 0.276 e. The van der Waals surface area contributed by atoms with E-state index in [2.05, 4.69) is 52.0 Å². The number of aryl methyl sites for hydroxylation is 3. The Balaban J connectivity index is 1.51. The van der Waals surface area contributed by atoms with Gasteiger partial charge in [-0.05, 0) is 61.1 Å². The number of aromatic amines is 1. The highest BCUT2D eigenvalue weighted by atomic mass is 16.2. The summed E-state index contributed by atoms with van der Waals surface area (Å²) in [5, 5.41) is 16.9. The van der Waals surface area contributed by atoms with Crippen LogP contribution in [0.3, 0.4) is 0 Å². The number of H-pyrrole nitrogens is 1. The fourth-order valence-corrected chi connectivity index (χ4v) is 3.37. The van der Waals surface area contributed by atoms with Crippen molar-refractivity contribution in [1.29, 1.82) is 0 Å². The molecule has 26 heavy (non-hydrogen) atoms. The molecule has 1 aliphatic rings. The van der Waals surface area contributed by atoms with Gasteiger partial charge in [0, 0.05) is 5.69 Å². The number of carbonyl (C=O) groups is 1. The third kappa shape index (κ3) is 3.06. The van der Waals surface area contributed by atoms with Crippen molar-refractivity contribution < 1.29 is 4.79 Å². The molecule has 6 heteroatoms. The highest BCUT2D eigenvalue weighted by Crippen LogP contribution is 2.31. The van der Waals surface area contributed by atoms with Gasteiger partial charge in [0.15, 0.2) is 11.5 Å². The lowest BCUT2D eigenvalue weighted by molar-refractivity contribution is 0.0932. The monoisotopic (exact) mass is 347 g/mol. The summed E-state index contributed by atoms with van der Waals surface area (Å²) in [6.07, 6.45) is 1.89. The summed E-state index contributed by atoms with van der Waals surface area (Å²) in [5.41, 5.74) is 6.02. The second kappa shape index (κ2) is 6.63. The number of amides is 1. The lowest BCUT2D eigenvalue weighted by Gasteiger charge is -2.14. The highest BCUT2D eigenvalue weighted by molar-refractivity contribution is 5.97. The van der Waals surface area contributed by atoms with Crippen LogP contribution in [0, 0.1) is 13.8 Å². The lowest BCUT2D eigenvalue weighted by Crippen LogP contribution is -2.28. The van der Waals surface area contributed by atoms with Crippen LogP contribution in [-0.2, 0) is 6.42 Å². The van der Waals surface area contributed by atoms with Crippen molar-refractivity contribution in [3.8, 4) is 0 Å². The lowest BCUT2D eigenvalue weighted by atomic mass is 10.1. The third-order valence-corrected chi connectivity index (χ3v) is 4.97. The molecule has 1 unspecified atom stereocenters. The first kappa shape index (κ1) is 16.3. The summed E-state index contributed by atoms with van der Waals surface area (Å²) in [5.74, 6) is 0.198. The van der Waals surface area contributed by atoms with Crippen molar-refractivity contribution in [1.82, 2.24) is 20.7 Å². The van der Waals surface area contributed by atoms with Crippen LogP contribution >= 0.6 is 0 Å². The van der Waals surface area contributed by atoms with Crippen LogP contribution in [0.15, 0.2) is 42.5 Å². The molecule has 3 aromatic rings. The summed E-state index contributed by atoms with van der Waals surface area (Å²) in [6, 6.07) is 14.3. The number of anilines is 2. The van der Waals surface area contributed by atoms with E-state index >= 15 is 0 Å². The Morgan fingerprint density at radius 1 is 1.12 bits per heavy atom. The van der Waals surface area contributed by atoms with Crippen molar-refractivity contribution in [3.63, 3.8) is 0 Å². The van der Waals surface area contributed by atoms with E-state index in [1.54, 1.807) is 0 Å². The van der Waals surface area contributed by atoms with E-state index in [1.807, 2.05) is 30.3 Å². The number of hydrogen-bond donors (Lipinski definition) is 3. The second-order valence-corrected chi connectivity index (χ2v) is 6.71. The fraction of sp³-hybridized carbons (Fsp3) is 0.250. The minimum Gasteiger partial charge on any atom is -0.344 e. The molecule has 0 fully saturated rings. The molecule has 0 saturated heterocycles. The van der Waals surface area contributed by atoms with Gasteiger partial charge in [0.25, 0.3) is 5.91 Å². The molecule has 132 valence electrons. The van der Waals surface area contributed by atoms with Gasteiger partial charge in [-0.25, -0.2) is 0 Å². The highest BCUT2D eigenvalue weighted by Gasteiger charge is 2.26. The van der Waals surface area contributed by atoms with E-state index in [4.69, 9.17) is 0 Å². The largest absolute Gasteiger partial charge is 0.344 e. The molecule has 0 saturated carbocycles. The first-order valence-electron chi connectivity index (χ1n) is 8.75. The normalized spacial score (nSPS) is 15.5. The zero-order valence-electron chi connectivity index (χ0n) is 14.8. The zero-order chi connectivity index (χ0) is 18.1. The molecular formula is C20H21N5O. The molecule has 1 aromatic heterocycles. The quantitative estimate of drug-likeness (QED) is 0.674. The maximum Gasteiger partial charge on any atom is 0.276 e. The molecule has 1 heterocycles. The molecule has 3 N–H and O–H groups in total. The van der Waals surface area contributed by atoms with Crippen LogP contribution < -0.4 is 10.6 Å². The van der Waals surface area contributed by atoms with Gasteiger partial charge in [0.05, 0.1) is 6.04 Å². The first-order valence-corrected chi connectivity index (χ1v) is 8.75. The van der Waals surface area contributed by atoms with Gasteiger partial charge in [0.1, 0.15) is 0 Å². The zero-order valence-corrected chi connectivity index (χ0v) is 14.8. The number of fused-ring (bicyclic) bond motifs is 1. The van der Waals surface area contributed by atoms with Gasteiger partial charge >= 0.3 is 0 Å². The Bertz CT molecular complexity index is 962. The summed E-state index contributed by atoms with van der Waals surface area (Å²) < 4.78 is 0. The summed E-state index contributed by atoms with van der Waals surface area (Å²) >= 11 is 0. The molecule has 2 aromatic carbocycles. The standard InChI is InChI=1S/C20H21N5O/c1-12-7-9-15(11-13(12)2)21-19-18(23-25-24-19)20(26)22-17-10-8-14-5-3-4-6-16(14)17/h3-7,9,11,17H,8,10H2,1-2H3,(H,22,26)(H2,21,23,24,25). The molecule has 1 aliphatic carbocycles. The molecule has 0 bridgehead atoms. The van der Waals surface area contributed by atoms with E-state index in [0.29, 0.717) is 5.82 Å². The third-order valence-electron chi connectivity index (χ3n) is 4.97. The van der Waals surface area contributed by atoms with Gasteiger partial charge in [-0.1, -0.05) is 30.3 Å². The van der Waals surface area contributed by atoms with Gasteiger partial charge in [-0.15, -0.1) is 10.2 Å². The summed E-state index contributed by atoms with van der Waals surface area (Å²) in [7, 11) is 0. The van der Waals surface area contributed by atoms with E-state index in [9.17, 15) is 4.79 Å². The van der Waals surface area contributed by atoms with E-state index in [1.165, 1.54) is 22.3 Å². The summed E-state index contributed by atoms with van der Waals surface area (Å²) in [6.45, 7) is 4.11. The molecule has 1 atom stereocenters. The van der Waals surface area contributed by atoms with Gasteiger partial charge in [-0.3, -0.25) is 4.79 Å². The average Bonchev–Trinajstić information content (AvgIpc) is 3.26. The van der Waals surface area contributed by atoms with Crippen molar-refractivity contribution in [2.75, 3.05) is 5.32 Å². The first-order chi connectivity index (χ1) is 12.6. The van der Waals surface area contributed by atoms with E-state index in [-0.39, 0.29) is 17.6 Å². The van der Waals surface area contributed by atoms with Gasteiger partial charge in [-0.2, -0.15) is 5.21 Å². The van der Waals surface area contributed by atoms with Crippen LogP contribution in [0.1, 0.15) is 45.2 Å². The van der Waals surface area contributed by atoms with Crippen molar-refractivity contribution in [2.24, 2.45) is 0 Å². The summed E-state index contributed by atoms with van der Waals surface area (Å²) in [4.78, 5) is 12.7. The van der Waals surface area contributed by atoms with E-state index in [0.717, 1.165) is 18.5 Å². The van der Waals surface area contributed by atoms with E-state index < -0.39 is 0 Å². The van der Waals surface area contributed by atoms with Crippen LogP contribution in [0.4, 0.5) is 11.5 Å². The maximum absolute atomic E-state index is 12.7. The van der Waals surface area contributed by atoms with Crippen LogP contribution in [-0.4, -0.2) is 21.3 Å². The number of nitrogens with one attached hydrogen (secondary N) is 3. The maximum atomic E-state index is 12.7. The van der Waals surface area contributed by atoms with Crippen LogP contribution in [0.25, 0.3) is 0 Å². The Morgan fingerprint density at radius 2 is 1.96 bits per heavy atom. The number of rotatable bonds is 4. The molecule has 1 amide bonds. The van der Waals surface area contributed by atoms with Gasteiger partial charge < -0.3 is 10.6 Å². The topological polar surface area (TPSA) is 82.7 Å². The molecular weight excluding hydrogens is 326 g/mol. The molecule has 6 nitrogen and oxygen atoms in total. The minimum atomic E-state index is -0.230. The number of carbonyl (C=O) groups excluding carboxylic acids is 1.